The van der Waals surface area contributed by atoms with E-state index in [0.717, 1.165) is 0 Å². The Kier molecular flexibility index (Phi) is 4.56. The maximum Gasteiger partial charge on any atom is 0.344 e. The van der Waals surface area contributed by atoms with Gasteiger partial charge in [-0.25, -0.2) is 9.18 Å². The molecule has 22 heavy (non-hydrogen) atoms. The average Bonchev–Trinajstić information content (AvgIpc) is 2.47. The van der Waals surface area contributed by atoms with Gasteiger partial charge in [-0.2, -0.15) is 0 Å². The Morgan fingerprint density at radius 1 is 1.14 bits per heavy atom. The zero-order chi connectivity index (χ0) is 16.3. The molecule has 0 bridgehead atoms. The third-order valence-electron chi connectivity index (χ3n) is 3.21. The molecule has 2 rings (SSSR count). The van der Waals surface area contributed by atoms with E-state index in [4.69, 9.17) is 9.84 Å². The van der Waals surface area contributed by atoms with Crippen molar-refractivity contribution in [2.24, 2.45) is 0 Å². The Hall–Kier alpha value is -2.69. The maximum absolute atomic E-state index is 12.9. The van der Waals surface area contributed by atoms with E-state index in [9.17, 15) is 14.0 Å². The number of rotatable bonds is 5. The van der Waals surface area contributed by atoms with Crippen LogP contribution in [0.1, 0.15) is 28.4 Å². The third-order valence-corrected chi connectivity index (χ3v) is 3.21. The summed E-state index contributed by atoms with van der Waals surface area (Å²) in [6.45, 7) is 3.16. The highest BCUT2D eigenvalue weighted by molar-refractivity contribution is 6.09. The van der Waals surface area contributed by atoms with Gasteiger partial charge in [0.25, 0.3) is 0 Å². The summed E-state index contributed by atoms with van der Waals surface area (Å²) < 4.78 is 18.1. The fourth-order valence-electron chi connectivity index (χ4n) is 1.98. The van der Waals surface area contributed by atoms with Crippen molar-refractivity contribution in [3.63, 3.8) is 0 Å². The number of carbonyl (C=O) groups is 2. The minimum Gasteiger partial charge on any atom is -0.479 e. The molecule has 0 heterocycles. The van der Waals surface area contributed by atoms with Crippen LogP contribution in [-0.2, 0) is 4.79 Å². The molecule has 0 aliphatic carbocycles. The standard InChI is InChI=1S/C17H15FO4/c1-10-9-14(22-11(2)17(20)21)7-8-15(10)16(19)12-3-5-13(18)6-4-12/h3-9,11H,1-2H3,(H,20,21). The summed E-state index contributed by atoms with van der Waals surface area (Å²) in [5, 5.41) is 8.82. The molecule has 5 heteroatoms. The van der Waals surface area contributed by atoms with Gasteiger partial charge in [-0.1, -0.05) is 0 Å². The van der Waals surface area contributed by atoms with Crippen LogP contribution in [0, 0.1) is 12.7 Å². The van der Waals surface area contributed by atoms with Gasteiger partial charge in [0, 0.05) is 11.1 Å². The van der Waals surface area contributed by atoms with E-state index in [1.807, 2.05) is 0 Å². The van der Waals surface area contributed by atoms with Crippen LogP contribution in [0.3, 0.4) is 0 Å². The van der Waals surface area contributed by atoms with Crippen LogP contribution >= 0.6 is 0 Å². The minimum absolute atomic E-state index is 0.227. The van der Waals surface area contributed by atoms with Crippen molar-refractivity contribution in [1.29, 1.82) is 0 Å². The number of carboxylic acids is 1. The number of ether oxygens (including phenoxy) is 1. The van der Waals surface area contributed by atoms with Gasteiger partial charge in [-0.05, 0) is 61.9 Å². The Bertz CT molecular complexity index is 707. The van der Waals surface area contributed by atoms with Crippen molar-refractivity contribution >= 4 is 11.8 Å². The summed E-state index contributed by atoms with van der Waals surface area (Å²) >= 11 is 0. The highest BCUT2D eigenvalue weighted by atomic mass is 19.1. The number of hydrogen-bond acceptors (Lipinski definition) is 3. The SMILES string of the molecule is Cc1cc(OC(C)C(=O)O)ccc1C(=O)c1ccc(F)cc1. The zero-order valence-corrected chi connectivity index (χ0v) is 12.2. The molecular formula is C17H15FO4. The smallest absolute Gasteiger partial charge is 0.344 e. The molecule has 0 saturated heterocycles. The number of ketones is 1. The number of benzene rings is 2. The lowest BCUT2D eigenvalue weighted by Gasteiger charge is -2.12. The first-order chi connectivity index (χ1) is 10.4. The third kappa shape index (κ3) is 3.49. The normalized spacial score (nSPS) is 11.8. The van der Waals surface area contributed by atoms with Gasteiger partial charge in [-0.3, -0.25) is 4.79 Å². The van der Waals surface area contributed by atoms with Crippen molar-refractivity contribution in [2.75, 3.05) is 0 Å². The van der Waals surface area contributed by atoms with E-state index < -0.39 is 17.9 Å². The van der Waals surface area contributed by atoms with Crippen LogP contribution in [-0.4, -0.2) is 23.0 Å². The van der Waals surface area contributed by atoms with Crippen molar-refractivity contribution in [1.82, 2.24) is 0 Å². The van der Waals surface area contributed by atoms with Gasteiger partial charge in [0.1, 0.15) is 11.6 Å². The molecule has 0 aliphatic rings. The molecule has 0 amide bonds. The molecule has 0 saturated carbocycles. The molecule has 114 valence electrons. The van der Waals surface area contributed by atoms with Crippen molar-refractivity contribution in [2.45, 2.75) is 20.0 Å². The number of carboxylic acid groups (broad SMARTS) is 1. The first-order valence-corrected chi connectivity index (χ1v) is 6.69. The Morgan fingerprint density at radius 2 is 1.77 bits per heavy atom. The minimum atomic E-state index is -1.07. The van der Waals surface area contributed by atoms with Gasteiger partial charge in [0.05, 0.1) is 0 Å². The molecule has 1 atom stereocenters. The van der Waals surface area contributed by atoms with E-state index in [1.54, 1.807) is 25.1 Å². The first kappa shape index (κ1) is 15.7. The first-order valence-electron chi connectivity index (χ1n) is 6.69. The molecule has 0 radical (unpaired) electrons. The van der Waals surface area contributed by atoms with Crippen LogP contribution in [0.15, 0.2) is 42.5 Å². The largest absolute Gasteiger partial charge is 0.479 e. The highest BCUT2D eigenvalue weighted by Crippen LogP contribution is 2.21. The Labute approximate surface area is 127 Å². The highest BCUT2D eigenvalue weighted by Gasteiger charge is 2.15. The van der Waals surface area contributed by atoms with Crippen molar-refractivity contribution in [3.8, 4) is 5.75 Å². The van der Waals surface area contributed by atoms with Gasteiger partial charge >= 0.3 is 5.97 Å². The monoisotopic (exact) mass is 302 g/mol. The number of halogens is 1. The lowest BCUT2D eigenvalue weighted by atomic mass is 9.99. The number of aryl methyl sites for hydroxylation is 1. The van der Waals surface area contributed by atoms with Crippen LogP contribution in [0.4, 0.5) is 4.39 Å². The van der Waals surface area contributed by atoms with Gasteiger partial charge in [-0.15, -0.1) is 0 Å². The van der Waals surface area contributed by atoms with Gasteiger partial charge < -0.3 is 9.84 Å². The topological polar surface area (TPSA) is 63.6 Å². The predicted octanol–water partition coefficient (Wildman–Crippen LogP) is 3.22. The van der Waals surface area contributed by atoms with Crippen molar-refractivity contribution < 1.29 is 23.8 Å². The molecule has 0 aliphatic heterocycles. The Morgan fingerprint density at radius 3 is 2.32 bits per heavy atom. The lowest BCUT2D eigenvalue weighted by Crippen LogP contribution is -2.22. The summed E-state index contributed by atoms with van der Waals surface area (Å²) in [4.78, 5) is 23.1. The van der Waals surface area contributed by atoms with E-state index in [-0.39, 0.29) is 5.78 Å². The average molecular weight is 302 g/mol. The summed E-state index contributed by atoms with van der Waals surface area (Å²) in [6, 6.07) is 10.0. The van der Waals surface area contributed by atoms with E-state index in [2.05, 4.69) is 0 Å². The van der Waals surface area contributed by atoms with E-state index >= 15 is 0 Å². The van der Waals surface area contributed by atoms with Gasteiger partial charge in [0.2, 0.25) is 0 Å². The summed E-state index contributed by atoms with van der Waals surface area (Å²) in [5.41, 5.74) is 1.50. The fourth-order valence-corrected chi connectivity index (χ4v) is 1.98. The lowest BCUT2D eigenvalue weighted by molar-refractivity contribution is -0.144. The summed E-state index contributed by atoms with van der Waals surface area (Å²) in [6.07, 6.45) is -0.974. The van der Waals surface area contributed by atoms with Crippen LogP contribution in [0.5, 0.6) is 5.75 Å². The Balaban J connectivity index is 2.24. The predicted molar refractivity (Wildman–Crippen MR) is 78.7 cm³/mol. The molecule has 2 aromatic rings. The summed E-state index contributed by atoms with van der Waals surface area (Å²) in [5.74, 6) is -1.32. The second kappa shape index (κ2) is 6.39. The second-order valence-electron chi connectivity index (χ2n) is 4.91. The van der Waals surface area contributed by atoms with Crippen LogP contribution < -0.4 is 4.74 Å². The molecule has 0 aromatic heterocycles. The fraction of sp³-hybridized carbons (Fsp3) is 0.176. The molecular weight excluding hydrogens is 287 g/mol. The van der Waals surface area contributed by atoms with Gasteiger partial charge in [0.15, 0.2) is 11.9 Å². The molecule has 0 spiro atoms. The van der Waals surface area contributed by atoms with Crippen LogP contribution in [0.25, 0.3) is 0 Å². The molecule has 2 aromatic carbocycles. The molecule has 1 unspecified atom stereocenters. The molecule has 0 fully saturated rings. The summed E-state index contributed by atoms with van der Waals surface area (Å²) in [7, 11) is 0. The molecule has 4 nitrogen and oxygen atoms in total. The number of hydrogen-bond donors (Lipinski definition) is 1. The number of carbonyl (C=O) groups excluding carboxylic acids is 1. The zero-order valence-electron chi connectivity index (χ0n) is 12.2. The number of aliphatic carboxylic acids is 1. The van der Waals surface area contributed by atoms with Crippen LogP contribution in [0.2, 0.25) is 0 Å². The molecule has 1 N–H and O–H groups in total. The quantitative estimate of drug-likeness (QED) is 0.861. The second-order valence-corrected chi connectivity index (χ2v) is 4.91. The van der Waals surface area contributed by atoms with Crippen molar-refractivity contribution in [3.05, 3.63) is 65.0 Å². The van der Waals surface area contributed by atoms with E-state index in [0.29, 0.717) is 22.4 Å². The maximum atomic E-state index is 12.9. The van der Waals surface area contributed by atoms with E-state index in [1.165, 1.54) is 31.2 Å².